The van der Waals surface area contributed by atoms with Gasteiger partial charge in [-0.05, 0) is 38.7 Å². The molecule has 26 heavy (non-hydrogen) atoms. The zero-order valence-corrected chi connectivity index (χ0v) is 16.4. The van der Waals surface area contributed by atoms with Crippen molar-refractivity contribution in [3.63, 3.8) is 0 Å². The summed E-state index contributed by atoms with van der Waals surface area (Å²) in [7, 11) is 0. The van der Waals surface area contributed by atoms with Gasteiger partial charge in [0, 0.05) is 0 Å². The van der Waals surface area contributed by atoms with E-state index in [0.29, 0.717) is 13.0 Å². The predicted molar refractivity (Wildman–Crippen MR) is 104 cm³/mol. The molecule has 0 aliphatic carbocycles. The summed E-state index contributed by atoms with van der Waals surface area (Å²) in [5.74, 6) is -0.717. The fourth-order valence-corrected chi connectivity index (χ4v) is 3.38. The van der Waals surface area contributed by atoms with Crippen LogP contribution in [0.4, 0.5) is 0 Å². The summed E-state index contributed by atoms with van der Waals surface area (Å²) in [6.45, 7) is 10.2. The third-order valence-corrected chi connectivity index (χ3v) is 4.72. The molecule has 1 aromatic carbocycles. The van der Waals surface area contributed by atoms with Crippen molar-refractivity contribution in [3.05, 3.63) is 48.6 Å². The SMILES string of the molecule is C=CCC[C@@H](O)[C@H]1OC(C)(C)O[C@@H]1[C@H](CCCC)OCc1ccccc1. The molecule has 0 radical (unpaired) electrons. The summed E-state index contributed by atoms with van der Waals surface area (Å²) in [6, 6.07) is 10.1. The Balaban J connectivity index is 2.09. The van der Waals surface area contributed by atoms with Crippen LogP contribution >= 0.6 is 0 Å². The molecule has 146 valence electrons. The molecule has 0 spiro atoms. The molecule has 1 fully saturated rings. The quantitative estimate of drug-likeness (QED) is 0.584. The second-order valence-corrected chi connectivity index (χ2v) is 7.48. The van der Waals surface area contributed by atoms with Crippen molar-refractivity contribution in [2.75, 3.05) is 0 Å². The number of aliphatic hydroxyl groups excluding tert-OH is 1. The van der Waals surface area contributed by atoms with E-state index in [9.17, 15) is 5.11 Å². The van der Waals surface area contributed by atoms with Crippen molar-refractivity contribution in [2.24, 2.45) is 0 Å². The van der Waals surface area contributed by atoms with E-state index < -0.39 is 11.9 Å². The summed E-state index contributed by atoms with van der Waals surface area (Å²) in [5, 5.41) is 10.6. The molecule has 2 rings (SSSR count). The van der Waals surface area contributed by atoms with E-state index in [1.807, 2.05) is 38.1 Å². The maximum atomic E-state index is 10.6. The van der Waals surface area contributed by atoms with Crippen molar-refractivity contribution in [2.45, 2.75) is 89.7 Å². The Morgan fingerprint density at radius 2 is 1.88 bits per heavy atom. The van der Waals surface area contributed by atoms with Crippen LogP contribution in [0.1, 0.15) is 58.4 Å². The van der Waals surface area contributed by atoms with Gasteiger partial charge in [-0.15, -0.1) is 6.58 Å². The number of benzene rings is 1. The molecule has 0 saturated carbocycles. The summed E-state index contributed by atoms with van der Waals surface area (Å²) in [5.41, 5.74) is 1.14. The molecule has 1 aliphatic heterocycles. The summed E-state index contributed by atoms with van der Waals surface area (Å²) in [4.78, 5) is 0. The van der Waals surface area contributed by atoms with Crippen LogP contribution in [-0.2, 0) is 20.8 Å². The first-order valence-electron chi connectivity index (χ1n) is 9.77. The third kappa shape index (κ3) is 6.20. The Bertz CT molecular complexity index is 528. The van der Waals surface area contributed by atoms with Gasteiger partial charge < -0.3 is 19.3 Å². The Kier molecular flexibility index (Phi) is 8.29. The number of aliphatic hydroxyl groups is 1. The molecule has 0 aromatic heterocycles. The van der Waals surface area contributed by atoms with Crippen LogP contribution in [-0.4, -0.2) is 35.3 Å². The molecule has 0 unspecified atom stereocenters. The van der Waals surface area contributed by atoms with Crippen LogP contribution in [0, 0.1) is 0 Å². The molecule has 1 aromatic rings. The van der Waals surface area contributed by atoms with Gasteiger partial charge in [0.2, 0.25) is 0 Å². The van der Waals surface area contributed by atoms with E-state index in [1.165, 1.54) is 0 Å². The monoisotopic (exact) mass is 362 g/mol. The van der Waals surface area contributed by atoms with Gasteiger partial charge in [-0.2, -0.15) is 0 Å². The largest absolute Gasteiger partial charge is 0.390 e. The Morgan fingerprint density at radius 3 is 2.54 bits per heavy atom. The number of hydrogen-bond acceptors (Lipinski definition) is 4. The summed E-state index contributed by atoms with van der Waals surface area (Å²) >= 11 is 0. The van der Waals surface area contributed by atoms with Gasteiger partial charge in [-0.3, -0.25) is 0 Å². The lowest BCUT2D eigenvalue weighted by Gasteiger charge is -2.29. The van der Waals surface area contributed by atoms with E-state index >= 15 is 0 Å². The summed E-state index contributed by atoms with van der Waals surface area (Å²) in [6.07, 6.45) is 4.84. The molecule has 1 aliphatic rings. The Labute approximate surface area is 158 Å². The second kappa shape index (κ2) is 10.2. The molecule has 1 N–H and O–H groups in total. The van der Waals surface area contributed by atoms with Gasteiger partial charge in [0.05, 0.1) is 18.8 Å². The first kappa shape index (κ1) is 21.1. The first-order valence-corrected chi connectivity index (χ1v) is 9.77. The van der Waals surface area contributed by atoms with Gasteiger partial charge in [0.15, 0.2) is 5.79 Å². The van der Waals surface area contributed by atoms with Crippen molar-refractivity contribution < 1.29 is 19.3 Å². The highest BCUT2D eigenvalue weighted by Gasteiger charge is 2.48. The minimum atomic E-state index is -0.717. The van der Waals surface area contributed by atoms with Crippen molar-refractivity contribution in [3.8, 4) is 0 Å². The van der Waals surface area contributed by atoms with Crippen LogP contribution in [0.3, 0.4) is 0 Å². The van der Waals surface area contributed by atoms with E-state index in [0.717, 1.165) is 31.2 Å². The molecule has 4 atom stereocenters. The lowest BCUT2D eigenvalue weighted by molar-refractivity contribution is -0.164. The number of allylic oxidation sites excluding steroid dienone is 1. The zero-order chi connectivity index (χ0) is 19.0. The topological polar surface area (TPSA) is 47.9 Å². The number of hydrogen-bond donors (Lipinski definition) is 1. The first-order chi connectivity index (χ1) is 12.5. The standard InChI is InChI=1S/C22H34O4/c1-5-7-14-18(23)20-21(26-22(3,4)25-20)19(15-8-6-2)24-16-17-12-10-9-11-13-17/h5,9-13,18-21,23H,1,6-8,14-16H2,2-4H3/t18-,19+,20-,21-/m1/s1. The van der Waals surface area contributed by atoms with Gasteiger partial charge in [0.25, 0.3) is 0 Å². The lowest BCUT2D eigenvalue weighted by Crippen LogP contribution is -2.43. The van der Waals surface area contributed by atoms with Gasteiger partial charge in [0.1, 0.15) is 12.2 Å². The van der Waals surface area contributed by atoms with Crippen LogP contribution in [0.25, 0.3) is 0 Å². The van der Waals surface area contributed by atoms with Crippen LogP contribution in [0.5, 0.6) is 0 Å². The highest BCUT2D eigenvalue weighted by molar-refractivity contribution is 5.13. The molecular weight excluding hydrogens is 328 g/mol. The zero-order valence-electron chi connectivity index (χ0n) is 16.4. The van der Waals surface area contributed by atoms with Crippen molar-refractivity contribution in [1.82, 2.24) is 0 Å². The fourth-order valence-electron chi connectivity index (χ4n) is 3.38. The van der Waals surface area contributed by atoms with Gasteiger partial charge >= 0.3 is 0 Å². The molecule has 0 amide bonds. The predicted octanol–water partition coefficient (Wildman–Crippen LogP) is 4.61. The minimum Gasteiger partial charge on any atom is -0.390 e. The average molecular weight is 363 g/mol. The van der Waals surface area contributed by atoms with Crippen molar-refractivity contribution in [1.29, 1.82) is 0 Å². The van der Waals surface area contributed by atoms with E-state index in [-0.39, 0.29) is 18.3 Å². The molecule has 0 bridgehead atoms. The van der Waals surface area contributed by atoms with Crippen LogP contribution in [0.2, 0.25) is 0 Å². The third-order valence-electron chi connectivity index (χ3n) is 4.72. The molecule has 4 heteroatoms. The summed E-state index contributed by atoms with van der Waals surface area (Å²) < 4.78 is 18.5. The lowest BCUT2D eigenvalue weighted by atomic mass is 9.96. The Hall–Kier alpha value is -1.20. The normalized spacial score (nSPS) is 24.3. The average Bonchev–Trinajstić information content (AvgIpc) is 2.96. The van der Waals surface area contributed by atoms with Gasteiger partial charge in [-0.1, -0.05) is 56.2 Å². The minimum absolute atomic E-state index is 0.111. The molecule has 1 saturated heterocycles. The molecule has 4 nitrogen and oxygen atoms in total. The van der Waals surface area contributed by atoms with Crippen LogP contribution < -0.4 is 0 Å². The number of ether oxygens (including phenoxy) is 3. The highest BCUT2D eigenvalue weighted by Crippen LogP contribution is 2.35. The van der Waals surface area contributed by atoms with Crippen LogP contribution in [0.15, 0.2) is 43.0 Å². The van der Waals surface area contributed by atoms with E-state index in [4.69, 9.17) is 14.2 Å². The van der Waals surface area contributed by atoms with E-state index in [2.05, 4.69) is 25.6 Å². The molecule has 1 heterocycles. The molecular formula is C22H34O4. The van der Waals surface area contributed by atoms with Gasteiger partial charge in [-0.25, -0.2) is 0 Å². The number of unbranched alkanes of at least 4 members (excludes halogenated alkanes) is 1. The Morgan fingerprint density at radius 1 is 1.19 bits per heavy atom. The van der Waals surface area contributed by atoms with Crippen molar-refractivity contribution >= 4 is 0 Å². The second-order valence-electron chi connectivity index (χ2n) is 7.48. The number of rotatable bonds is 11. The smallest absolute Gasteiger partial charge is 0.164 e. The maximum absolute atomic E-state index is 10.6. The fraction of sp³-hybridized carbons (Fsp3) is 0.636. The van der Waals surface area contributed by atoms with E-state index in [1.54, 1.807) is 0 Å². The maximum Gasteiger partial charge on any atom is 0.164 e. The highest BCUT2D eigenvalue weighted by atomic mass is 16.8.